The minimum Gasteiger partial charge on any atom is -0.462 e. The van der Waals surface area contributed by atoms with Crippen LogP contribution in [0, 0.1) is 41.4 Å². The second-order valence-electron chi connectivity index (χ2n) is 15.0. The molecule has 0 aromatic rings. The van der Waals surface area contributed by atoms with Gasteiger partial charge in [0.15, 0.2) is 0 Å². The number of quaternary nitrogens is 1. The topological polar surface area (TPSA) is 125 Å². The van der Waals surface area contributed by atoms with Crippen LogP contribution >= 0.6 is 0 Å². The van der Waals surface area contributed by atoms with Crippen LogP contribution in [0.3, 0.4) is 0 Å². The van der Waals surface area contributed by atoms with E-state index in [2.05, 4.69) is 12.2 Å². The zero-order chi connectivity index (χ0) is 29.6. The first-order valence-electron chi connectivity index (χ1n) is 17.1. The largest absolute Gasteiger partial charge is 0.462 e. The summed E-state index contributed by atoms with van der Waals surface area (Å²) in [7, 11) is 0. The molecule has 236 valence electrons. The monoisotopic (exact) mass is 587 g/mol. The molecule has 5 N–H and O–H groups in total. The molecule has 12 atom stereocenters. The fourth-order valence-corrected chi connectivity index (χ4v) is 10.5. The maximum atomic E-state index is 13.5. The molecule has 8 nitrogen and oxygen atoms in total. The third-order valence-corrected chi connectivity index (χ3v) is 12.7. The molecule has 3 saturated carbocycles. The Morgan fingerprint density at radius 1 is 1.07 bits per heavy atom. The number of esters is 2. The summed E-state index contributed by atoms with van der Waals surface area (Å²) < 4.78 is 20.2. The van der Waals surface area contributed by atoms with Crippen molar-refractivity contribution >= 4 is 11.9 Å². The Morgan fingerprint density at radius 3 is 2.62 bits per heavy atom. The van der Waals surface area contributed by atoms with Crippen LogP contribution in [-0.2, 0) is 23.8 Å². The molecule has 0 aromatic carbocycles. The Morgan fingerprint density at radius 2 is 1.88 bits per heavy atom. The molecule has 0 radical (unpaired) electrons. The third-order valence-electron chi connectivity index (χ3n) is 12.7. The van der Waals surface area contributed by atoms with E-state index < -0.39 is 11.2 Å². The van der Waals surface area contributed by atoms with Crippen LogP contribution in [0.15, 0.2) is 11.6 Å². The maximum Gasteiger partial charge on any atom is 0.334 e. The van der Waals surface area contributed by atoms with Crippen molar-refractivity contribution in [2.75, 3.05) is 13.2 Å². The van der Waals surface area contributed by atoms with Crippen LogP contribution in [0.25, 0.3) is 0 Å². The van der Waals surface area contributed by atoms with E-state index in [1.165, 1.54) is 25.7 Å². The lowest BCUT2D eigenvalue weighted by Crippen LogP contribution is -2.96. The van der Waals surface area contributed by atoms with Gasteiger partial charge < -0.3 is 24.6 Å². The number of nitrogens with two attached hydrogens (primary N) is 2. The van der Waals surface area contributed by atoms with Gasteiger partial charge in [-0.05, 0) is 95.8 Å². The van der Waals surface area contributed by atoms with Crippen LogP contribution in [0.1, 0.15) is 104 Å². The Labute approximate surface area is 251 Å². The first-order chi connectivity index (χ1) is 20.2. The molecule has 8 heteroatoms. The van der Waals surface area contributed by atoms with Gasteiger partial charge in [0.2, 0.25) is 0 Å². The Hall–Kier alpha value is -1.48. The molecule has 0 aromatic heterocycles. The molecular formula is C34H55N2O6+. The van der Waals surface area contributed by atoms with E-state index in [1.807, 2.05) is 19.9 Å². The molecule has 6 aliphatic rings. The zero-order valence-electron chi connectivity index (χ0n) is 26.1. The molecule has 3 saturated heterocycles. The number of aliphatic hydroxyl groups is 1. The van der Waals surface area contributed by atoms with E-state index in [9.17, 15) is 14.7 Å². The summed E-state index contributed by atoms with van der Waals surface area (Å²) in [6.07, 6.45) is 14.6. The van der Waals surface area contributed by atoms with Gasteiger partial charge in [-0.3, -0.25) is 10.5 Å². The highest BCUT2D eigenvalue weighted by Gasteiger charge is 2.70. The van der Waals surface area contributed by atoms with Gasteiger partial charge in [0, 0.05) is 36.9 Å². The molecule has 6 rings (SSSR count). The van der Waals surface area contributed by atoms with E-state index >= 15 is 0 Å². The average molecular weight is 588 g/mol. The van der Waals surface area contributed by atoms with Gasteiger partial charge in [0.1, 0.15) is 23.5 Å². The highest BCUT2D eigenvalue weighted by Crippen LogP contribution is 2.64. The second-order valence-corrected chi connectivity index (χ2v) is 15.0. The quantitative estimate of drug-likeness (QED) is 0.320. The molecule has 6 fully saturated rings. The van der Waals surface area contributed by atoms with Crippen LogP contribution in [-0.4, -0.2) is 59.8 Å². The Bertz CT molecular complexity index is 1040. The third kappa shape index (κ3) is 5.37. The molecule has 9 unspecified atom stereocenters. The minimum atomic E-state index is -0.722. The summed E-state index contributed by atoms with van der Waals surface area (Å²) >= 11 is 0. The molecular weight excluding hydrogens is 532 g/mol. The summed E-state index contributed by atoms with van der Waals surface area (Å²) in [4.78, 5) is 26.4. The predicted molar refractivity (Wildman–Crippen MR) is 158 cm³/mol. The van der Waals surface area contributed by atoms with Crippen molar-refractivity contribution < 1.29 is 34.2 Å². The molecule has 0 bridgehead atoms. The maximum absolute atomic E-state index is 13.5. The van der Waals surface area contributed by atoms with Gasteiger partial charge in [-0.15, -0.1) is 0 Å². The number of carbonyl (C=O) groups is 2. The number of piperidine rings is 1. The molecule has 3 aliphatic carbocycles. The number of rotatable bonds is 6. The lowest BCUT2D eigenvalue weighted by molar-refractivity contribution is -0.704. The van der Waals surface area contributed by atoms with Crippen molar-refractivity contribution in [2.24, 2.45) is 47.2 Å². The minimum absolute atomic E-state index is 0.00588. The molecule has 0 amide bonds. The van der Waals surface area contributed by atoms with Crippen LogP contribution < -0.4 is 11.1 Å². The van der Waals surface area contributed by atoms with Gasteiger partial charge in [-0.2, -0.15) is 0 Å². The number of hydrogen-bond donors (Lipinski definition) is 3. The van der Waals surface area contributed by atoms with Crippen LogP contribution in [0.5, 0.6) is 0 Å². The van der Waals surface area contributed by atoms with Crippen molar-refractivity contribution in [2.45, 2.75) is 134 Å². The van der Waals surface area contributed by atoms with Crippen molar-refractivity contribution in [3.63, 3.8) is 0 Å². The van der Waals surface area contributed by atoms with E-state index in [0.29, 0.717) is 53.9 Å². The molecule has 1 spiro atoms. The summed E-state index contributed by atoms with van der Waals surface area (Å²) in [6, 6.07) is 0. The van der Waals surface area contributed by atoms with Gasteiger partial charge in [0.25, 0.3) is 0 Å². The highest BCUT2D eigenvalue weighted by molar-refractivity contribution is 5.88. The van der Waals surface area contributed by atoms with E-state index in [0.717, 1.165) is 51.5 Å². The number of hydrogen-bond acceptors (Lipinski definition) is 7. The van der Waals surface area contributed by atoms with Gasteiger partial charge in [-0.1, -0.05) is 25.3 Å². The Balaban J connectivity index is 1.35. The lowest BCUT2D eigenvalue weighted by Gasteiger charge is -2.61. The van der Waals surface area contributed by atoms with Crippen molar-refractivity contribution in [1.82, 2.24) is 0 Å². The van der Waals surface area contributed by atoms with Crippen LogP contribution in [0.4, 0.5) is 0 Å². The molecule has 3 aliphatic heterocycles. The fraction of sp³-hybridized carbons (Fsp3) is 0.882. The Kier molecular flexibility index (Phi) is 8.82. The van der Waals surface area contributed by atoms with Crippen molar-refractivity contribution in [3.8, 4) is 0 Å². The number of carbonyl (C=O) groups excluding carboxylic acids is 2. The molecule has 3 heterocycles. The second kappa shape index (κ2) is 12.1. The standard InChI is InChI=1S/C34H54N2O6/c1-4-20(2)31(38)42-33(3)17-22-8-5-6-10-26(22)30(23-11-12-29(35)36-19-23)34(33)18-25-15-24-14-21(9-7-13-37)32(39)40-27(24)16-28(25)41-34/h4,21-30,36-37H,5-19,35H2,1-3H3/p+1/t21?,22?,23?,24?,25?,26?,27?,28?,29?,30-,33-,34+/m1/s1. The normalized spacial score (nSPS) is 47.3. The smallest absolute Gasteiger partial charge is 0.334 e. The first kappa shape index (κ1) is 30.5. The van der Waals surface area contributed by atoms with E-state index in [1.54, 1.807) is 0 Å². The predicted octanol–water partition coefficient (Wildman–Crippen LogP) is 3.60. The van der Waals surface area contributed by atoms with Gasteiger partial charge in [-0.25, -0.2) is 4.79 Å². The van der Waals surface area contributed by atoms with Gasteiger partial charge in [0.05, 0.1) is 18.6 Å². The van der Waals surface area contributed by atoms with Crippen molar-refractivity contribution in [3.05, 3.63) is 11.6 Å². The lowest BCUT2D eigenvalue weighted by atomic mass is 9.49. The van der Waals surface area contributed by atoms with E-state index in [-0.39, 0.29) is 42.8 Å². The molecule has 42 heavy (non-hydrogen) atoms. The average Bonchev–Trinajstić information content (AvgIpc) is 3.35. The first-order valence-corrected chi connectivity index (χ1v) is 17.1. The van der Waals surface area contributed by atoms with Crippen LogP contribution in [0.2, 0.25) is 0 Å². The number of aliphatic hydroxyl groups excluding tert-OH is 1. The number of allylic oxidation sites excluding steroid dienone is 1. The van der Waals surface area contributed by atoms with Crippen molar-refractivity contribution in [1.29, 1.82) is 0 Å². The number of ether oxygens (including phenoxy) is 3. The summed E-state index contributed by atoms with van der Waals surface area (Å²) in [5.74, 6) is 2.14. The number of fused-ring (bicyclic) bond motifs is 3. The highest BCUT2D eigenvalue weighted by atomic mass is 16.6. The van der Waals surface area contributed by atoms with E-state index in [4.69, 9.17) is 19.9 Å². The summed E-state index contributed by atoms with van der Waals surface area (Å²) in [5, 5.41) is 11.7. The summed E-state index contributed by atoms with van der Waals surface area (Å²) in [5.41, 5.74) is 5.74. The SMILES string of the molecule is CC=C(C)C(=O)O[C@]1(C)CC2CCCCC2[C@@H](C2CCC(N)[NH2+]C2)[C@@]12CC1CC3CC(CCCO)C(=O)OC3CC1O2. The summed E-state index contributed by atoms with van der Waals surface area (Å²) in [6.45, 7) is 7.05. The zero-order valence-corrected chi connectivity index (χ0v) is 26.1. The fourth-order valence-electron chi connectivity index (χ4n) is 10.5. The van der Waals surface area contributed by atoms with Gasteiger partial charge >= 0.3 is 11.9 Å².